The summed E-state index contributed by atoms with van der Waals surface area (Å²) in [5.41, 5.74) is 2.44. The zero-order valence-electron chi connectivity index (χ0n) is 10.4. The number of halogens is 1. The molecule has 1 aromatic carbocycles. The summed E-state index contributed by atoms with van der Waals surface area (Å²) in [6, 6.07) is 5.34. The zero-order valence-corrected chi connectivity index (χ0v) is 11.2. The third-order valence-corrected chi connectivity index (χ3v) is 3.49. The molecule has 0 saturated carbocycles. The van der Waals surface area contributed by atoms with Crippen LogP contribution < -0.4 is 0 Å². The minimum atomic E-state index is -1.03. The molecule has 4 nitrogen and oxygen atoms in total. The average molecular weight is 275 g/mol. The van der Waals surface area contributed by atoms with E-state index >= 15 is 0 Å². The summed E-state index contributed by atoms with van der Waals surface area (Å²) in [4.78, 5) is 15.6. The Kier molecular flexibility index (Phi) is 2.50. The summed E-state index contributed by atoms with van der Waals surface area (Å²) < 4.78 is 1.93. The number of rotatable bonds is 1. The summed E-state index contributed by atoms with van der Waals surface area (Å²) in [6.45, 7) is 1.89. The standard InChI is InChI=1S/C14H11ClN2O2/c1-7-6-17(2)13-9-4-3-8(15)5-10(9)16-12(11(7)13)14(18)19/h3-6H,1-2H3,(H,18,19). The Bertz CT molecular complexity index is 836. The number of aryl methyl sites for hydroxylation is 2. The smallest absolute Gasteiger partial charge is 0.355 e. The highest BCUT2D eigenvalue weighted by Crippen LogP contribution is 2.31. The van der Waals surface area contributed by atoms with Crippen LogP contribution in [0.5, 0.6) is 0 Å². The van der Waals surface area contributed by atoms with E-state index in [-0.39, 0.29) is 5.69 Å². The maximum Gasteiger partial charge on any atom is 0.355 e. The van der Waals surface area contributed by atoms with Crippen molar-refractivity contribution in [2.75, 3.05) is 0 Å². The maximum absolute atomic E-state index is 11.4. The molecular formula is C14H11ClN2O2. The number of pyridine rings is 1. The van der Waals surface area contributed by atoms with E-state index in [9.17, 15) is 9.90 Å². The second-order valence-electron chi connectivity index (χ2n) is 4.57. The fraction of sp³-hybridized carbons (Fsp3) is 0.143. The molecule has 2 aromatic heterocycles. The average Bonchev–Trinajstić information content (AvgIpc) is 2.64. The second kappa shape index (κ2) is 3.96. The highest BCUT2D eigenvalue weighted by molar-refractivity contribution is 6.31. The Hall–Kier alpha value is -2.07. The summed E-state index contributed by atoms with van der Waals surface area (Å²) >= 11 is 5.95. The van der Waals surface area contributed by atoms with Crippen LogP contribution in [0.2, 0.25) is 5.02 Å². The van der Waals surface area contributed by atoms with Crippen molar-refractivity contribution in [2.45, 2.75) is 6.92 Å². The van der Waals surface area contributed by atoms with E-state index in [1.165, 1.54) is 0 Å². The van der Waals surface area contributed by atoms with Crippen LogP contribution in [0.4, 0.5) is 0 Å². The van der Waals surface area contributed by atoms with Crippen LogP contribution in [0.3, 0.4) is 0 Å². The number of hydrogen-bond acceptors (Lipinski definition) is 2. The molecule has 2 heterocycles. The molecule has 0 fully saturated rings. The highest BCUT2D eigenvalue weighted by atomic mass is 35.5. The van der Waals surface area contributed by atoms with Crippen molar-refractivity contribution in [1.82, 2.24) is 9.55 Å². The molecule has 0 aliphatic carbocycles. The predicted molar refractivity (Wildman–Crippen MR) is 74.9 cm³/mol. The van der Waals surface area contributed by atoms with Crippen LogP contribution >= 0.6 is 11.6 Å². The molecule has 96 valence electrons. The number of carboxylic acids is 1. The Balaban J connectivity index is 2.63. The monoisotopic (exact) mass is 274 g/mol. The van der Waals surface area contributed by atoms with Crippen LogP contribution in [0.15, 0.2) is 24.4 Å². The van der Waals surface area contributed by atoms with Crippen molar-refractivity contribution >= 4 is 39.4 Å². The van der Waals surface area contributed by atoms with Crippen molar-refractivity contribution in [3.8, 4) is 0 Å². The number of benzene rings is 1. The summed E-state index contributed by atoms with van der Waals surface area (Å²) in [7, 11) is 1.90. The SMILES string of the molecule is Cc1cn(C)c2c1c(C(=O)O)nc1cc(Cl)ccc12. The van der Waals surface area contributed by atoms with Gasteiger partial charge in [-0.3, -0.25) is 0 Å². The molecule has 3 aromatic rings. The Morgan fingerprint density at radius 2 is 2.16 bits per heavy atom. The molecule has 0 spiro atoms. The fourth-order valence-electron chi connectivity index (χ4n) is 2.53. The summed E-state index contributed by atoms with van der Waals surface area (Å²) in [5, 5.41) is 11.5. The van der Waals surface area contributed by atoms with E-state index in [0.29, 0.717) is 15.9 Å². The number of hydrogen-bond donors (Lipinski definition) is 1. The Labute approximate surface area is 114 Å². The lowest BCUT2D eigenvalue weighted by molar-refractivity contribution is 0.0693. The van der Waals surface area contributed by atoms with Gasteiger partial charge in [-0.15, -0.1) is 0 Å². The Morgan fingerprint density at radius 1 is 1.42 bits per heavy atom. The van der Waals surface area contributed by atoms with Gasteiger partial charge >= 0.3 is 5.97 Å². The topological polar surface area (TPSA) is 55.1 Å². The van der Waals surface area contributed by atoms with Crippen molar-refractivity contribution in [3.63, 3.8) is 0 Å². The van der Waals surface area contributed by atoms with Crippen LogP contribution in [-0.2, 0) is 7.05 Å². The van der Waals surface area contributed by atoms with Crippen LogP contribution in [-0.4, -0.2) is 20.6 Å². The van der Waals surface area contributed by atoms with Gasteiger partial charge in [0.2, 0.25) is 0 Å². The van der Waals surface area contributed by atoms with Gasteiger partial charge in [0.15, 0.2) is 5.69 Å². The van der Waals surface area contributed by atoms with E-state index in [4.69, 9.17) is 11.6 Å². The van der Waals surface area contributed by atoms with Crippen LogP contribution in [0, 0.1) is 6.92 Å². The van der Waals surface area contributed by atoms with Crippen LogP contribution in [0.1, 0.15) is 16.1 Å². The second-order valence-corrected chi connectivity index (χ2v) is 5.01. The molecule has 0 radical (unpaired) electrons. The van der Waals surface area contributed by atoms with Crippen molar-refractivity contribution < 1.29 is 9.90 Å². The van der Waals surface area contributed by atoms with Crippen molar-refractivity contribution in [2.24, 2.45) is 7.05 Å². The number of carbonyl (C=O) groups is 1. The first-order valence-corrected chi connectivity index (χ1v) is 6.15. The van der Waals surface area contributed by atoms with Gasteiger partial charge in [0.1, 0.15) is 0 Å². The van der Waals surface area contributed by atoms with Gasteiger partial charge < -0.3 is 9.67 Å². The molecule has 0 aliphatic rings. The van der Waals surface area contributed by atoms with Gasteiger partial charge in [0.05, 0.1) is 11.0 Å². The molecule has 5 heteroatoms. The minimum Gasteiger partial charge on any atom is -0.476 e. The number of aromatic carboxylic acids is 1. The fourth-order valence-corrected chi connectivity index (χ4v) is 2.70. The maximum atomic E-state index is 11.4. The lowest BCUT2D eigenvalue weighted by Gasteiger charge is -2.06. The molecule has 3 rings (SSSR count). The number of aromatic nitrogens is 2. The van der Waals surface area contributed by atoms with Gasteiger partial charge in [-0.25, -0.2) is 9.78 Å². The minimum absolute atomic E-state index is 0.0721. The normalized spacial score (nSPS) is 11.3. The Morgan fingerprint density at radius 3 is 2.84 bits per heavy atom. The molecule has 0 atom stereocenters. The van der Waals surface area contributed by atoms with Gasteiger partial charge in [0.25, 0.3) is 0 Å². The van der Waals surface area contributed by atoms with E-state index in [0.717, 1.165) is 16.5 Å². The van der Waals surface area contributed by atoms with E-state index < -0.39 is 5.97 Å². The van der Waals surface area contributed by atoms with Crippen LogP contribution in [0.25, 0.3) is 21.8 Å². The first-order chi connectivity index (χ1) is 8.99. The molecule has 1 N–H and O–H groups in total. The number of carboxylic acid groups (broad SMARTS) is 1. The number of fused-ring (bicyclic) bond motifs is 3. The first kappa shape index (κ1) is 12.0. The van der Waals surface area contributed by atoms with E-state index in [1.807, 2.05) is 30.8 Å². The van der Waals surface area contributed by atoms with Gasteiger partial charge in [-0.2, -0.15) is 0 Å². The lowest BCUT2D eigenvalue weighted by Crippen LogP contribution is -2.02. The molecule has 0 unspecified atom stereocenters. The molecule has 0 amide bonds. The van der Waals surface area contributed by atoms with Crippen molar-refractivity contribution in [3.05, 3.63) is 40.7 Å². The largest absolute Gasteiger partial charge is 0.476 e. The quantitative estimate of drug-likeness (QED) is 0.740. The van der Waals surface area contributed by atoms with Gasteiger partial charge in [0, 0.05) is 29.0 Å². The van der Waals surface area contributed by atoms with Gasteiger partial charge in [-0.1, -0.05) is 11.6 Å². The zero-order chi connectivity index (χ0) is 13.7. The van der Waals surface area contributed by atoms with Crippen molar-refractivity contribution in [1.29, 1.82) is 0 Å². The van der Waals surface area contributed by atoms with Gasteiger partial charge in [-0.05, 0) is 30.7 Å². The summed E-state index contributed by atoms with van der Waals surface area (Å²) in [6.07, 6.45) is 1.91. The lowest BCUT2D eigenvalue weighted by atomic mass is 10.1. The third-order valence-electron chi connectivity index (χ3n) is 3.26. The molecular weight excluding hydrogens is 264 g/mol. The van der Waals surface area contributed by atoms with E-state index in [2.05, 4.69) is 4.98 Å². The molecule has 19 heavy (non-hydrogen) atoms. The van der Waals surface area contributed by atoms with E-state index in [1.54, 1.807) is 12.1 Å². The molecule has 0 saturated heterocycles. The highest BCUT2D eigenvalue weighted by Gasteiger charge is 2.18. The first-order valence-electron chi connectivity index (χ1n) is 5.77. The molecule has 0 aliphatic heterocycles. The number of nitrogens with zero attached hydrogens (tertiary/aromatic N) is 2. The summed E-state index contributed by atoms with van der Waals surface area (Å²) in [5.74, 6) is -1.03. The molecule has 0 bridgehead atoms. The third kappa shape index (κ3) is 1.68. The predicted octanol–water partition coefficient (Wildman–Crippen LogP) is 3.39.